The monoisotopic (exact) mass is 278 g/mol. The maximum atomic E-state index is 12.6. The number of hydrogen-bond donors (Lipinski definition) is 0. The van der Waals surface area contributed by atoms with E-state index >= 15 is 0 Å². The van der Waals surface area contributed by atoms with Gasteiger partial charge in [0.15, 0.2) is 0 Å². The minimum absolute atomic E-state index is 0.201. The van der Waals surface area contributed by atoms with E-state index in [1.165, 1.54) is 20.9 Å². The van der Waals surface area contributed by atoms with E-state index in [0.29, 0.717) is 0 Å². The molecule has 0 saturated heterocycles. The van der Waals surface area contributed by atoms with Crippen LogP contribution >= 0.6 is 22.7 Å². The van der Waals surface area contributed by atoms with Gasteiger partial charge in [0, 0.05) is 9.75 Å². The number of thiophene rings is 2. The van der Waals surface area contributed by atoms with Crippen molar-refractivity contribution >= 4 is 28.5 Å². The highest BCUT2D eigenvalue weighted by atomic mass is 32.1. The lowest BCUT2D eigenvalue weighted by Crippen LogP contribution is -2.00. The summed E-state index contributed by atoms with van der Waals surface area (Å²) < 4.78 is 0. The first-order valence-electron chi connectivity index (χ1n) is 6.02. The summed E-state index contributed by atoms with van der Waals surface area (Å²) in [7, 11) is 0. The van der Waals surface area contributed by atoms with Gasteiger partial charge in [0.2, 0.25) is 5.78 Å². The van der Waals surface area contributed by atoms with Crippen molar-refractivity contribution in [3.05, 3.63) is 41.8 Å². The summed E-state index contributed by atoms with van der Waals surface area (Å²) in [4.78, 5) is 17.0. The molecule has 2 heterocycles. The third kappa shape index (κ3) is 1.95. The van der Waals surface area contributed by atoms with Crippen LogP contribution in [0.2, 0.25) is 0 Å². The summed E-state index contributed by atoms with van der Waals surface area (Å²) >= 11 is 3.25. The van der Waals surface area contributed by atoms with Crippen LogP contribution in [0.25, 0.3) is 0 Å². The molecular weight excluding hydrogens is 260 g/mol. The quantitative estimate of drug-likeness (QED) is 0.715. The Balaban J connectivity index is 2.55. The van der Waals surface area contributed by atoms with Crippen LogP contribution in [0.1, 0.15) is 46.6 Å². The number of rotatable bonds is 2. The van der Waals surface area contributed by atoms with E-state index in [1.54, 1.807) is 22.7 Å². The summed E-state index contributed by atoms with van der Waals surface area (Å²) in [6, 6.07) is 0. The molecule has 0 atom stereocenters. The molecule has 0 unspecified atom stereocenters. The van der Waals surface area contributed by atoms with E-state index in [0.717, 1.165) is 20.9 Å². The predicted molar refractivity (Wildman–Crippen MR) is 80.5 cm³/mol. The van der Waals surface area contributed by atoms with Crippen LogP contribution in [0.5, 0.6) is 0 Å². The zero-order valence-electron chi connectivity index (χ0n) is 11.7. The number of ketones is 1. The van der Waals surface area contributed by atoms with E-state index in [4.69, 9.17) is 0 Å². The first-order valence-corrected chi connectivity index (χ1v) is 7.65. The SMILES string of the molecule is Cc1sc(C(=O)c2sc(C)c(C)c2C)c(C)c1C. The number of aryl methyl sites for hydroxylation is 2. The second kappa shape index (κ2) is 4.63. The van der Waals surface area contributed by atoms with Gasteiger partial charge in [-0.25, -0.2) is 0 Å². The topological polar surface area (TPSA) is 17.1 Å². The molecule has 2 aromatic heterocycles. The summed E-state index contributed by atoms with van der Waals surface area (Å²) in [6.45, 7) is 12.5. The van der Waals surface area contributed by atoms with Gasteiger partial charge in [-0.2, -0.15) is 0 Å². The molecule has 18 heavy (non-hydrogen) atoms. The second-order valence-electron chi connectivity index (χ2n) is 4.80. The number of hydrogen-bond acceptors (Lipinski definition) is 3. The van der Waals surface area contributed by atoms with Crippen molar-refractivity contribution in [3.63, 3.8) is 0 Å². The molecule has 2 rings (SSSR count). The van der Waals surface area contributed by atoms with Crippen LogP contribution in [0.4, 0.5) is 0 Å². The van der Waals surface area contributed by atoms with Crippen molar-refractivity contribution < 1.29 is 4.79 Å². The third-order valence-corrected chi connectivity index (χ3v) is 6.40. The van der Waals surface area contributed by atoms with Gasteiger partial charge in [-0.05, 0) is 63.8 Å². The fourth-order valence-electron chi connectivity index (χ4n) is 2.02. The van der Waals surface area contributed by atoms with Crippen LogP contribution in [0, 0.1) is 41.5 Å². The third-order valence-electron chi connectivity index (χ3n) is 3.79. The molecule has 0 amide bonds. The van der Waals surface area contributed by atoms with Crippen LogP contribution in [-0.4, -0.2) is 5.78 Å². The lowest BCUT2D eigenvalue weighted by Gasteiger charge is -1.99. The summed E-state index contributed by atoms with van der Waals surface area (Å²) in [5.74, 6) is 0.201. The highest BCUT2D eigenvalue weighted by Crippen LogP contribution is 2.33. The lowest BCUT2D eigenvalue weighted by atomic mass is 10.1. The molecule has 0 aliphatic heterocycles. The Labute approximate surface area is 116 Å². The summed E-state index contributed by atoms with van der Waals surface area (Å²) in [6.07, 6.45) is 0. The van der Waals surface area contributed by atoms with Crippen LogP contribution in [0.3, 0.4) is 0 Å². The Kier molecular flexibility index (Phi) is 3.47. The Bertz CT molecular complexity index is 575. The fourth-order valence-corrected chi connectivity index (χ4v) is 4.31. The largest absolute Gasteiger partial charge is 0.287 e. The van der Waals surface area contributed by atoms with Crippen LogP contribution in [0.15, 0.2) is 0 Å². The van der Waals surface area contributed by atoms with E-state index in [9.17, 15) is 4.79 Å². The first-order chi connectivity index (χ1) is 8.34. The normalized spacial score (nSPS) is 11.0. The average Bonchev–Trinajstić information content (AvgIpc) is 2.74. The number of carbonyl (C=O) groups is 1. The molecule has 1 nitrogen and oxygen atoms in total. The Morgan fingerprint density at radius 1 is 0.667 bits per heavy atom. The van der Waals surface area contributed by atoms with Crippen molar-refractivity contribution in [1.82, 2.24) is 0 Å². The fraction of sp³-hybridized carbons (Fsp3) is 0.400. The van der Waals surface area contributed by atoms with Gasteiger partial charge in [-0.15, -0.1) is 22.7 Å². The van der Waals surface area contributed by atoms with Crippen LogP contribution < -0.4 is 0 Å². The summed E-state index contributed by atoms with van der Waals surface area (Å²) in [5, 5.41) is 0. The molecule has 0 aromatic carbocycles. The predicted octanol–water partition coefficient (Wildman–Crippen LogP) is 4.89. The molecule has 0 saturated carbocycles. The Morgan fingerprint density at radius 2 is 1.00 bits per heavy atom. The molecule has 0 bridgehead atoms. The zero-order chi connectivity index (χ0) is 13.6. The van der Waals surface area contributed by atoms with Gasteiger partial charge in [-0.1, -0.05) is 0 Å². The van der Waals surface area contributed by atoms with E-state index in [-0.39, 0.29) is 5.78 Å². The molecule has 0 aliphatic rings. The Hall–Kier alpha value is -0.930. The maximum absolute atomic E-state index is 12.6. The second-order valence-corrected chi connectivity index (χ2v) is 7.25. The summed E-state index contributed by atoms with van der Waals surface area (Å²) in [5.41, 5.74) is 4.80. The zero-order valence-corrected chi connectivity index (χ0v) is 13.4. The number of carbonyl (C=O) groups excluding carboxylic acids is 1. The van der Waals surface area contributed by atoms with Crippen molar-refractivity contribution in [3.8, 4) is 0 Å². The molecule has 0 aliphatic carbocycles. The van der Waals surface area contributed by atoms with Crippen molar-refractivity contribution in [1.29, 1.82) is 0 Å². The highest BCUT2D eigenvalue weighted by Gasteiger charge is 2.22. The van der Waals surface area contributed by atoms with Gasteiger partial charge >= 0.3 is 0 Å². The average molecular weight is 278 g/mol. The van der Waals surface area contributed by atoms with Crippen molar-refractivity contribution in [2.75, 3.05) is 0 Å². The molecule has 0 spiro atoms. The minimum atomic E-state index is 0.201. The molecule has 3 heteroatoms. The molecule has 0 radical (unpaired) electrons. The molecule has 96 valence electrons. The van der Waals surface area contributed by atoms with Crippen molar-refractivity contribution in [2.24, 2.45) is 0 Å². The molecular formula is C15H18OS2. The van der Waals surface area contributed by atoms with Gasteiger partial charge in [0.25, 0.3) is 0 Å². The van der Waals surface area contributed by atoms with Gasteiger partial charge in [-0.3, -0.25) is 4.79 Å². The standard InChI is InChI=1S/C15H18OS2/c1-7-9(3)14(17-11(7)5)13(16)15-10(4)8(2)12(6)18-15/h1-6H3. The highest BCUT2D eigenvalue weighted by molar-refractivity contribution is 7.18. The minimum Gasteiger partial charge on any atom is -0.287 e. The molecule has 0 fully saturated rings. The van der Waals surface area contributed by atoms with Gasteiger partial charge < -0.3 is 0 Å². The van der Waals surface area contributed by atoms with Gasteiger partial charge in [0.1, 0.15) is 0 Å². The van der Waals surface area contributed by atoms with Crippen molar-refractivity contribution in [2.45, 2.75) is 41.5 Å². The maximum Gasteiger partial charge on any atom is 0.213 e. The lowest BCUT2D eigenvalue weighted by molar-refractivity contribution is 0.104. The van der Waals surface area contributed by atoms with E-state index < -0.39 is 0 Å². The Morgan fingerprint density at radius 3 is 1.22 bits per heavy atom. The van der Waals surface area contributed by atoms with E-state index in [1.807, 2.05) is 0 Å². The van der Waals surface area contributed by atoms with Gasteiger partial charge in [0.05, 0.1) is 9.75 Å². The first kappa shape index (κ1) is 13.5. The molecule has 2 aromatic rings. The smallest absolute Gasteiger partial charge is 0.213 e. The van der Waals surface area contributed by atoms with Crippen LogP contribution in [-0.2, 0) is 0 Å². The van der Waals surface area contributed by atoms with E-state index in [2.05, 4.69) is 41.5 Å². The molecule has 0 N–H and O–H groups in total.